The van der Waals surface area contributed by atoms with Crippen molar-refractivity contribution in [2.24, 2.45) is 0 Å². The summed E-state index contributed by atoms with van der Waals surface area (Å²) in [4.78, 5) is 12.7. The van der Waals surface area contributed by atoms with Crippen LogP contribution >= 0.6 is 0 Å². The Balaban J connectivity index is 1.29. The number of aromatic nitrogens is 2. The highest BCUT2D eigenvalue weighted by Gasteiger charge is 2.17. The molecule has 1 atom stereocenters. The predicted octanol–water partition coefficient (Wildman–Crippen LogP) is 0.974. The van der Waals surface area contributed by atoms with Crippen LogP contribution in [0.4, 0.5) is 0 Å². The Morgan fingerprint density at radius 2 is 2.03 bits per heavy atom. The largest absolute Gasteiger partial charge is 0.493 e. The average Bonchev–Trinajstić information content (AvgIpc) is 3.39. The van der Waals surface area contributed by atoms with Crippen LogP contribution in [0.25, 0.3) is 5.69 Å². The zero-order valence-electron chi connectivity index (χ0n) is 17.1. The molecule has 3 aromatic rings. The SMILES string of the molecule is N#Cc1ccccc1OCC(O)CNCCn1c(O)cn(-c2ccc3c(c2)OCO3)c1=O. The molecule has 166 valence electrons. The Hall–Kier alpha value is -3.94. The number of nitrogens with one attached hydrogen (secondary N) is 1. The van der Waals surface area contributed by atoms with E-state index in [1.807, 2.05) is 6.07 Å². The molecule has 0 saturated carbocycles. The molecule has 1 aromatic heterocycles. The summed E-state index contributed by atoms with van der Waals surface area (Å²) in [7, 11) is 0. The molecule has 10 heteroatoms. The van der Waals surface area contributed by atoms with Crippen molar-refractivity contribution in [2.45, 2.75) is 12.6 Å². The standard InChI is InChI=1S/C22H22N4O6/c23-10-15-3-1-2-4-18(15)30-13-17(27)11-24-7-8-25-21(28)12-26(22(25)29)16-5-6-19-20(9-16)32-14-31-19/h1-6,9,12,17,24,27-28H,7-8,11,13-14H2. The summed E-state index contributed by atoms with van der Waals surface area (Å²) in [6.07, 6.45) is 0.528. The van der Waals surface area contributed by atoms with Crippen LogP contribution in [0.3, 0.4) is 0 Å². The Morgan fingerprint density at radius 3 is 2.88 bits per heavy atom. The van der Waals surface area contributed by atoms with Crippen LogP contribution in [0.2, 0.25) is 0 Å². The third kappa shape index (κ3) is 4.54. The van der Waals surface area contributed by atoms with Gasteiger partial charge in [-0.05, 0) is 24.3 Å². The fourth-order valence-electron chi connectivity index (χ4n) is 3.29. The van der Waals surface area contributed by atoms with Crippen molar-refractivity contribution in [3.8, 4) is 34.9 Å². The first-order valence-electron chi connectivity index (χ1n) is 9.98. The molecule has 4 rings (SSSR count). The van der Waals surface area contributed by atoms with Gasteiger partial charge in [-0.25, -0.2) is 4.79 Å². The second-order valence-corrected chi connectivity index (χ2v) is 7.11. The van der Waals surface area contributed by atoms with Crippen LogP contribution in [0.5, 0.6) is 23.1 Å². The lowest BCUT2D eigenvalue weighted by Gasteiger charge is -2.14. The third-order valence-corrected chi connectivity index (χ3v) is 4.92. The molecule has 3 N–H and O–H groups in total. The van der Waals surface area contributed by atoms with Crippen LogP contribution in [0.15, 0.2) is 53.5 Å². The summed E-state index contributed by atoms with van der Waals surface area (Å²) < 4.78 is 18.7. The lowest BCUT2D eigenvalue weighted by atomic mass is 10.2. The molecule has 0 amide bonds. The predicted molar refractivity (Wildman–Crippen MR) is 113 cm³/mol. The summed E-state index contributed by atoms with van der Waals surface area (Å²) >= 11 is 0. The molecule has 0 radical (unpaired) electrons. The quantitative estimate of drug-likeness (QED) is 0.422. The highest BCUT2D eigenvalue weighted by Crippen LogP contribution is 2.33. The molecule has 0 bridgehead atoms. The maximum absolute atomic E-state index is 12.7. The van der Waals surface area contributed by atoms with Gasteiger partial charge < -0.3 is 29.7 Å². The number of imidazole rings is 1. The van der Waals surface area contributed by atoms with Gasteiger partial charge in [0.1, 0.15) is 24.5 Å². The fraction of sp³-hybridized carbons (Fsp3) is 0.273. The van der Waals surface area contributed by atoms with Crippen molar-refractivity contribution in [3.63, 3.8) is 0 Å². The van der Waals surface area contributed by atoms with Gasteiger partial charge in [0.2, 0.25) is 12.7 Å². The Kier molecular flexibility index (Phi) is 6.30. The van der Waals surface area contributed by atoms with E-state index in [2.05, 4.69) is 5.32 Å². The van der Waals surface area contributed by atoms with E-state index in [4.69, 9.17) is 19.5 Å². The number of aliphatic hydroxyl groups excluding tert-OH is 1. The topological polar surface area (TPSA) is 131 Å². The molecule has 0 aliphatic carbocycles. The number of benzene rings is 2. The van der Waals surface area contributed by atoms with Crippen molar-refractivity contribution in [3.05, 3.63) is 64.7 Å². The Bertz CT molecular complexity index is 1200. The van der Waals surface area contributed by atoms with Gasteiger partial charge >= 0.3 is 5.69 Å². The first-order valence-corrected chi connectivity index (χ1v) is 9.98. The molecular weight excluding hydrogens is 416 g/mol. The van der Waals surface area contributed by atoms with Crippen molar-refractivity contribution in [1.82, 2.24) is 14.5 Å². The maximum atomic E-state index is 12.7. The first-order chi connectivity index (χ1) is 15.6. The van der Waals surface area contributed by atoms with Gasteiger partial charge in [0, 0.05) is 25.7 Å². The van der Waals surface area contributed by atoms with Crippen molar-refractivity contribution < 1.29 is 24.4 Å². The Morgan fingerprint density at radius 1 is 1.22 bits per heavy atom. The van der Waals surface area contributed by atoms with Gasteiger partial charge in [0.25, 0.3) is 0 Å². The van der Waals surface area contributed by atoms with Crippen molar-refractivity contribution >= 4 is 0 Å². The minimum absolute atomic E-state index is 0.0113. The molecule has 0 spiro atoms. The lowest BCUT2D eigenvalue weighted by Crippen LogP contribution is -2.34. The summed E-state index contributed by atoms with van der Waals surface area (Å²) in [5.74, 6) is 1.38. The minimum atomic E-state index is -0.815. The van der Waals surface area contributed by atoms with Crippen LogP contribution in [-0.2, 0) is 6.54 Å². The fourth-order valence-corrected chi connectivity index (χ4v) is 3.29. The number of ether oxygens (including phenoxy) is 3. The van der Waals surface area contributed by atoms with Crippen molar-refractivity contribution in [2.75, 3.05) is 26.5 Å². The monoisotopic (exact) mass is 438 g/mol. The summed E-state index contributed by atoms with van der Waals surface area (Å²) in [6.45, 7) is 0.898. The van der Waals surface area contributed by atoms with Crippen LogP contribution in [-0.4, -0.2) is 51.9 Å². The molecule has 10 nitrogen and oxygen atoms in total. The van der Waals surface area contributed by atoms with E-state index in [1.165, 1.54) is 15.3 Å². The number of nitrogens with zero attached hydrogens (tertiary/aromatic N) is 3. The number of aliphatic hydroxyl groups is 1. The zero-order valence-corrected chi connectivity index (χ0v) is 17.1. The number of hydrogen-bond donors (Lipinski definition) is 3. The maximum Gasteiger partial charge on any atom is 0.335 e. The van der Waals surface area contributed by atoms with Gasteiger partial charge in [-0.1, -0.05) is 12.1 Å². The van der Waals surface area contributed by atoms with E-state index < -0.39 is 11.8 Å². The molecule has 0 saturated heterocycles. The molecule has 2 aromatic carbocycles. The van der Waals surface area contributed by atoms with Crippen LogP contribution in [0, 0.1) is 11.3 Å². The van der Waals surface area contributed by atoms with E-state index in [-0.39, 0.29) is 32.4 Å². The highest BCUT2D eigenvalue weighted by molar-refractivity contribution is 5.50. The molecule has 1 unspecified atom stereocenters. The van der Waals surface area contributed by atoms with Crippen LogP contribution < -0.4 is 25.2 Å². The second kappa shape index (κ2) is 9.47. The zero-order chi connectivity index (χ0) is 22.5. The van der Waals surface area contributed by atoms with E-state index in [1.54, 1.807) is 42.5 Å². The molecule has 1 aliphatic rings. The normalized spacial score (nSPS) is 13.0. The van der Waals surface area contributed by atoms with E-state index in [0.29, 0.717) is 35.0 Å². The lowest BCUT2D eigenvalue weighted by molar-refractivity contribution is 0.106. The van der Waals surface area contributed by atoms with Gasteiger partial charge in [-0.2, -0.15) is 5.26 Å². The number of fused-ring (bicyclic) bond motifs is 1. The molecular formula is C22H22N4O6. The number of hydrogen-bond acceptors (Lipinski definition) is 8. The molecule has 0 fully saturated rings. The summed E-state index contributed by atoms with van der Waals surface area (Å²) in [6, 6.07) is 13.9. The molecule has 2 heterocycles. The van der Waals surface area contributed by atoms with Gasteiger partial charge in [-0.15, -0.1) is 0 Å². The van der Waals surface area contributed by atoms with Crippen molar-refractivity contribution in [1.29, 1.82) is 5.26 Å². The number of nitriles is 1. The smallest absolute Gasteiger partial charge is 0.335 e. The molecule has 32 heavy (non-hydrogen) atoms. The first kappa shape index (κ1) is 21.3. The number of aromatic hydroxyl groups is 1. The highest BCUT2D eigenvalue weighted by atomic mass is 16.7. The molecule has 1 aliphatic heterocycles. The van der Waals surface area contributed by atoms with Gasteiger partial charge in [0.05, 0.1) is 17.4 Å². The van der Waals surface area contributed by atoms with E-state index in [9.17, 15) is 15.0 Å². The van der Waals surface area contributed by atoms with E-state index in [0.717, 1.165) is 0 Å². The summed E-state index contributed by atoms with van der Waals surface area (Å²) in [5, 5.41) is 32.4. The second-order valence-electron chi connectivity index (χ2n) is 7.11. The Labute approximate surface area is 183 Å². The minimum Gasteiger partial charge on any atom is -0.493 e. The van der Waals surface area contributed by atoms with Gasteiger partial charge in [-0.3, -0.25) is 9.13 Å². The third-order valence-electron chi connectivity index (χ3n) is 4.92. The van der Waals surface area contributed by atoms with E-state index >= 15 is 0 Å². The number of para-hydroxylation sites is 1. The summed E-state index contributed by atoms with van der Waals surface area (Å²) in [5.41, 5.74) is 0.543. The van der Waals surface area contributed by atoms with Crippen LogP contribution in [0.1, 0.15) is 5.56 Å². The number of rotatable bonds is 9. The average molecular weight is 438 g/mol. The van der Waals surface area contributed by atoms with Gasteiger partial charge in [0.15, 0.2) is 11.5 Å².